The maximum Gasteiger partial charge on any atom is 0.244 e. The lowest BCUT2D eigenvalue weighted by molar-refractivity contribution is -0.140. The summed E-state index contributed by atoms with van der Waals surface area (Å²) < 4.78 is -0.538. The first kappa shape index (κ1) is 19.5. The van der Waals surface area contributed by atoms with Gasteiger partial charge in [0.15, 0.2) is 0 Å². The molecule has 0 aromatic rings. The van der Waals surface area contributed by atoms with E-state index < -0.39 is 22.2 Å². The fraction of sp³-hybridized carbons (Fsp3) is 0.833. The molecule has 0 aromatic heterocycles. The van der Waals surface area contributed by atoms with Gasteiger partial charge in [-0.2, -0.15) is 0 Å². The zero-order chi connectivity index (χ0) is 19.3. The van der Waals surface area contributed by atoms with Gasteiger partial charge in [0.25, 0.3) is 0 Å². The normalized spacial score (nSPS) is 35.6. The molecule has 7 nitrogen and oxygen atoms in total. The molecule has 3 amide bonds. The molecule has 3 aliphatic heterocycles. The third kappa shape index (κ3) is 2.91. The maximum absolute atomic E-state index is 13.3. The number of aliphatic hydroxyl groups is 1. The lowest BCUT2D eigenvalue weighted by Gasteiger charge is -2.36. The number of carbonyl (C=O) groups excluding carboxylic acids is 3. The van der Waals surface area contributed by atoms with Crippen LogP contribution >= 0.6 is 11.8 Å². The van der Waals surface area contributed by atoms with Gasteiger partial charge in [-0.1, -0.05) is 0 Å². The molecule has 2 bridgehead atoms. The lowest BCUT2D eigenvalue weighted by Crippen LogP contribution is -2.57. The van der Waals surface area contributed by atoms with Crippen LogP contribution in [-0.2, 0) is 14.4 Å². The molecule has 0 saturated carbocycles. The van der Waals surface area contributed by atoms with Gasteiger partial charge in [-0.3, -0.25) is 14.4 Å². The number of nitrogens with one attached hydrogen (secondary N) is 2. The van der Waals surface area contributed by atoms with Gasteiger partial charge in [0.2, 0.25) is 17.7 Å². The van der Waals surface area contributed by atoms with Crippen molar-refractivity contribution in [2.75, 3.05) is 20.2 Å². The van der Waals surface area contributed by atoms with Crippen LogP contribution in [0.15, 0.2) is 0 Å². The minimum Gasteiger partial charge on any atom is -0.396 e. The van der Waals surface area contributed by atoms with E-state index >= 15 is 0 Å². The fourth-order valence-electron chi connectivity index (χ4n) is 4.84. The molecule has 3 saturated heterocycles. The zero-order valence-electron chi connectivity index (χ0n) is 15.9. The Hall–Kier alpha value is -1.28. The predicted molar refractivity (Wildman–Crippen MR) is 99.5 cm³/mol. The first-order valence-corrected chi connectivity index (χ1v) is 10.2. The molecule has 5 atom stereocenters. The van der Waals surface area contributed by atoms with Gasteiger partial charge < -0.3 is 20.6 Å². The van der Waals surface area contributed by atoms with E-state index in [1.165, 1.54) is 0 Å². The second kappa shape index (κ2) is 6.71. The van der Waals surface area contributed by atoms with Gasteiger partial charge in [-0.15, -0.1) is 11.8 Å². The van der Waals surface area contributed by atoms with Gasteiger partial charge >= 0.3 is 0 Å². The molecule has 26 heavy (non-hydrogen) atoms. The van der Waals surface area contributed by atoms with Crippen molar-refractivity contribution >= 4 is 29.5 Å². The number of rotatable bonds is 5. The summed E-state index contributed by atoms with van der Waals surface area (Å²) in [7, 11) is 1.60. The van der Waals surface area contributed by atoms with Gasteiger partial charge in [-0.05, 0) is 40.0 Å². The number of hydrogen-bond acceptors (Lipinski definition) is 5. The number of amides is 3. The fourth-order valence-corrected chi connectivity index (χ4v) is 7.06. The summed E-state index contributed by atoms with van der Waals surface area (Å²) in [5, 5.41) is 15.0. The van der Waals surface area contributed by atoms with Gasteiger partial charge in [0.05, 0.1) is 16.6 Å². The number of aliphatic hydroxyl groups excluding tert-OH is 1. The Bertz CT molecular complexity index is 620. The average molecular weight is 384 g/mol. The van der Waals surface area contributed by atoms with Crippen molar-refractivity contribution < 1.29 is 19.5 Å². The van der Waals surface area contributed by atoms with Crippen LogP contribution in [0.3, 0.4) is 0 Å². The second-order valence-electron chi connectivity index (χ2n) is 8.52. The highest BCUT2D eigenvalue weighted by molar-refractivity contribution is 8.02. The van der Waals surface area contributed by atoms with Crippen molar-refractivity contribution in [2.24, 2.45) is 11.8 Å². The van der Waals surface area contributed by atoms with Crippen molar-refractivity contribution in [1.82, 2.24) is 15.5 Å². The number of likely N-dealkylation sites (tertiary alicyclic amines) is 1. The molecule has 3 N–H and O–H groups in total. The molecular formula is C18H29N3O4S. The van der Waals surface area contributed by atoms with Crippen LogP contribution in [0.5, 0.6) is 0 Å². The van der Waals surface area contributed by atoms with Crippen LogP contribution in [0.4, 0.5) is 0 Å². The van der Waals surface area contributed by atoms with E-state index in [-0.39, 0.29) is 35.5 Å². The van der Waals surface area contributed by atoms with E-state index in [4.69, 9.17) is 0 Å². The molecule has 0 aliphatic carbocycles. The number of hydrogen-bond donors (Lipinski definition) is 3. The zero-order valence-corrected chi connectivity index (χ0v) is 16.7. The third-order valence-electron chi connectivity index (χ3n) is 5.65. The van der Waals surface area contributed by atoms with Crippen LogP contribution in [0.1, 0.15) is 40.0 Å². The minimum absolute atomic E-state index is 0.0380. The Kier molecular flexibility index (Phi) is 5.03. The molecule has 3 heterocycles. The third-order valence-corrected chi connectivity index (χ3v) is 7.60. The summed E-state index contributed by atoms with van der Waals surface area (Å²) in [5.41, 5.74) is -0.404. The number of thioether (sulfide) groups is 1. The Morgan fingerprint density at radius 2 is 2.04 bits per heavy atom. The summed E-state index contributed by atoms with van der Waals surface area (Å²) in [6, 6.07) is -0.588. The monoisotopic (exact) mass is 383 g/mol. The van der Waals surface area contributed by atoms with Crippen LogP contribution in [-0.4, -0.2) is 69.5 Å². The lowest BCUT2D eigenvalue weighted by atomic mass is 9.70. The number of nitrogens with zero attached hydrogens (tertiary/aromatic N) is 1. The van der Waals surface area contributed by atoms with E-state index in [1.54, 1.807) is 23.7 Å². The van der Waals surface area contributed by atoms with E-state index in [9.17, 15) is 19.5 Å². The van der Waals surface area contributed by atoms with Crippen LogP contribution < -0.4 is 10.6 Å². The summed E-state index contributed by atoms with van der Waals surface area (Å²) >= 11 is 1.66. The summed E-state index contributed by atoms with van der Waals surface area (Å²) in [4.78, 5) is 40.5. The van der Waals surface area contributed by atoms with E-state index in [2.05, 4.69) is 10.6 Å². The number of fused-ring (bicyclic) bond motifs is 1. The molecule has 0 radical (unpaired) electrons. The molecule has 8 heteroatoms. The first-order valence-electron chi connectivity index (χ1n) is 9.29. The predicted octanol–water partition coefficient (Wildman–Crippen LogP) is 0.121. The van der Waals surface area contributed by atoms with Crippen LogP contribution in [0.25, 0.3) is 0 Å². The highest BCUT2D eigenvalue weighted by Gasteiger charge is 2.73. The molecule has 1 spiro atoms. The molecule has 2 unspecified atom stereocenters. The second-order valence-corrected chi connectivity index (χ2v) is 10.1. The SMILES string of the molecule is CNC(=O)[C@@H]1[C@@H]2CCC3(S2)C(C(=O)NC(C)(C)C)N(CCCO)C(=O)[C@H]13. The summed E-state index contributed by atoms with van der Waals surface area (Å²) in [6.07, 6.45) is 2.04. The molecule has 3 aliphatic rings. The smallest absolute Gasteiger partial charge is 0.244 e. The molecule has 3 fully saturated rings. The van der Waals surface area contributed by atoms with Crippen molar-refractivity contribution in [3.05, 3.63) is 0 Å². The Morgan fingerprint density at radius 3 is 2.62 bits per heavy atom. The van der Waals surface area contributed by atoms with Gasteiger partial charge in [0, 0.05) is 31.0 Å². The van der Waals surface area contributed by atoms with E-state index in [1.807, 2.05) is 20.8 Å². The molecular weight excluding hydrogens is 354 g/mol. The molecule has 3 rings (SSSR count). The maximum atomic E-state index is 13.3. The number of carbonyl (C=O) groups is 3. The Morgan fingerprint density at radius 1 is 1.35 bits per heavy atom. The van der Waals surface area contributed by atoms with Crippen molar-refractivity contribution in [2.45, 2.75) is 61.6 Å². The molecule has 146 valence electrons. The highest BCUT2D eigenvalue weighted by Crippen LogP contribution is 2.66. The van der Waals surface area contributed by atoms with Gasteiger partial charge in [0.1, 0.15) is 6.04 Å². The topological polar surface area (TPSA) is 98.7 Å². The quantitative estimate of drug-likeness (QED) is 0.626. The van der Waals surface area contributed by atoms with E-state index in [0.29, 0.717) is 13.0 Å². The van der Waals surface area contributed by atoms with Crippen molar-refractivity contribution in [3.63, 3.8) is 0 Å². The van der Waals surface area contributed by atoms with Crippen LogP contribution in [0.2, 0.25) is 0 Å². The van der Waals surface area contributed by atoms with Crippen molar-refractivity contribution in [1.29, 1.82) is 0 Å². The summed E-state index contributed by atoms with van der Waals surface area (Å²) in [5.74, 6) is -1.22. The Labute approximate surface area is 158 Å². The van der Waals surface area contributed by atoms with E-state index in [0.717, 1.165) is 12.8 Å². The standard InChI is InChI=1S/C18H29N3O4S/c1-17(2,3)20-15(24)13-18-7-6-10(26-18)11(14(23)19-4)12(18)16(25)21(13)8-5-9-22/h10-13,22H,5-9H2,1-4H3,(H,19,23)(H,20,24)/t10-,11+,12-,13?,18?/m0/s1. The minimum atomic E-state index is -0.588. The summed E-state index contributed by atoms with van der Waals surface area (Å²) in [6.45, 7) is 6.05. The van der Waals surface area contributed by atoms with Crippen molar-refractivity contribution in [3.8, 4) is 0 Å². The molecule has 0 aromatic carbocycles. The van der Waals surface area contributed by atoms with Crippen LogP contribution in [0, 0.1) is 11.8 Å². The first-order chi connectivity index (χ1) is 12.2. The van der Waals surface area contributed by atoms with Gasteiger partial charge in [-0.25, -0.2) is 0 Å². The Balaban J connectivity index is 1.99. The highest BCUT2D eigenvalue weighted by atomic mass is 32.2. The average Bonchev–Trinajstić information content (AvgIpc) is 3.18. The largest absolute Gasteiger partial charge is 0.396 e.